The summed E-state index contributed by atoms with van der Waals surface area (Å²) in [5.74, 6) is 0.306. The van der Waals surface area contributed by atoms with Crippen molar-refractivity contribution in [2.75, 3.05) is 5.75 Å². The van der Waals surface area contributed by atoms with Crippen LogP contribution in [0.5, 0.6) is 0 Å². The third kappa shape index (κ3) is 10.5. The molecule has 0 bridgehead atoms. The van der Waals surface area contributed by atoms with Crippen LogP contribution in [0, 0.1) is 0 Å². The molecule has 2 amide bonds. The first-order valence-corrected chi connectivity index (χ1v) is 16.9. The Morgan fingerprint density at radius 3 is 2.30 bits per heavy atom. The summed E-state index contributed by atoms with van der Waals surface area (Å²) in [6, 6.07) is 30.1. The molecule has 1 aliphatic heterocycles. The van der Waals surface area contributed by atoms with Gasteiger partial charge < -0.3 is 19.9 Å². The Bertz CT molecular complexity index is 1570. The van der Waals surface area contributed by atoms with E-state index >= 15 is 0 Å². The zero-order chi connectivity index (χ0) is 32.8. The predicted octanol–water partition coefficient (Wildman–Crippen LogP) is 6.65. The van der Waals surface area contributed by atoms with Crippen molar-refractivity contribution in [2.45, 2.75) is 75.2 Å². The summed E-state index contributed by atoms with van der Waals surface area (Å²) in [5.41, 5.74) is 7.55. The van der Waals surface area contributed by atoms with Gasteiger partial charge in [-0.3, -0.25) is 14.8 Å². The van der Waals surface area contributed by atoms with Crippen LogP contribution in [0.2, 0.25) is 0 Å². The Morgan fingerprint density at radius 2 is 1.57 bits per heavy atom. The van der Waals surface area contributed by atoms with Gasteiger partial charge in [0.2, 0.25) is 11.8 Å². The number of hydrogen-bond donors (Lipinski definition) is 4. The maximum Gasteiger partial charge on any atom is 0.243 e. The van der Waals surface area contributed by atoms with E-state index in [0.29, 0.717) is 32.2 Å². The van der Waals surface area contributed by atoms with Crippen molar-refractivity contribution in [2.24, 2.45) is 0 Å². The molecule has 3 atom stereocenters. The number of rotatable bonds is 15. The molecule has 0 radical (unpaired) electrons. The predicted molar refractivity (Wildman–Crippen MR) is 180 cm³/mol. The summed E-state index contributed by atoms with van der Waals surface area (Å²) in [5, 5.41) is 22.0. The molecule has 4 N–H and O–H groups in total. The number of hydroxylamine groups is 1. The highest BCUT2D eigenvalue weighted by molar-refractivity contribution is 7.99. The van der Waals surface area contributed by atoms with Crippen molar-refractivity contribution in [3.8, 4) is 11.1 Å². The van der Waals surface area contributed by atoms with E-state index in [2.05, 4.69) is 28.5 Å². The largest absolute Gasteiger partial charge is 0.392 e. The third-order valence-electron chi connectivity index (χ3n) is 8.04. The molecule has 246 valence electrons. The molecule has 0 saturated carbocycles. The molecule has 3 aromatic carbocycles. The quantitative estimate of drug-likeness (QED) is 0.0485. The Morgan fingerprint density at radius 1 is 0.809 bits per heavy atom. The van der Waals surface area contributed by atoms with Gasteiger partial charge in [0, 0.05) is 43.3 Å². The number of aliphatic hydroxyl groups excluding tert-OH is 1. The van der Waals surface area contributed by atoms with E-state index in [1.807, 2.05) is 72.8 Å². The van der Waals surface area contributed by atoms with E-state index in [1.165, 1.54) is 0 Å². The second-order valence-corrected chi connectivity index (χ2v) is 12.6. The second-order valence-electron chi connectivity index (χ2n) is 11.5. The average Bonchev–Trinajstić information content (AvgIpc) is 3.13. The number of aromatic nitrogens is 1. The van der Waals surface area contributed by atoms with Crippen LogP contribution in [0.25, 0.3) is 11.1 Å². The summed E-state index contributed by atoms with van der Waals surface area (Å²) in [6.45, 7) is 0.432. The lowest BCUT2D eigenvalue weighted by Crippen LogP contribution is -2.31. The highest BCUT2D eigenvalue weighted by Gasteiger charge is 2.32. The van der Waals surface area contributed by atoms with E-state index in [0.717, 1.165) is 50.6 Å². The molecule has 5 rings (SSSR count). The van der Waals surface area contributed by atoms with Crippen LogP contribution in [-0.4, -0.2) is 39.0 Å². The molecule has 10 heteroatoms. The Balaban J connectivity index is 1.20. The first-order chi connectivity index (χ1) is 23.0. The lowest BCUT2D eigenvalue weighted by atomic mass is 9.99. The number of unbranched alkanes of at least 4 members (excludes halogenated alkanes) is 2. The molecule has 1 fully saturated rings. The van der Waals surface area contributed by atoms with Crippen LogP contribution in [-0.2, 0) is 32.2 Å². The van der Waals surface area contributed by atoms with Crippen LogP contribution in [0.15, 0.2) is 102 Å². The molecule has 1 aromatic heterocycles. The first kappa shape index (κ1) is 34.3. The number of ether oxygens (including phenoxy) is 2. The van der Waals surface area contributed by atoms with Gasteiger partial charge in [0.15, 0.2) is 6.29 Å². The zero-order valence-corrected chi connectivity index (χ0v) is 27.0. The van der Waals surface area contributed by atoms with Crippen molar-refractivity contribution in [1.82, 2.24) is 15.8 Å². The molecule has 1 aliphatic rings. The van der Waals surface area contributed by atoms with Gasteiger partial charge in [0.05, 0.1) is 23.8 Å². The number of carbonyl (C=O) groups is 2. The third-order valence-corrected chi connectivity index (χ3v) is 9.11. The van der Waals surface area contributed by atoms with E-state index in [4.69, 9.17) is 14.7 Å². The highest BCUT2D eigenvalue weighted by atomic mass is 32.2. The minimum atomic E-state index is -0.539. The van der Waals surface area contributed by atoms with Crippen LogP contribution in [0.1, 0.15) is 73.2 Å². The van der Waals surface area contributed by atoms with Crippen molar-refractivity contribution < 1.29 is 29.4 Å². The van der Waals surface area contributed by atoms with Crippen LogP contribution < -0.4 is 10.8 Å². The Hall–Kier alpha value is -4.06. The molecular formula is C37H41N3O6S. The second kappa shape index (κ2) is 17.7. The van der Waals surface area contributed by atoms with Crippen molar-refractivity contribution in [1.29, 1.82) is 0 Å². The number of benzene rings is 3. The number of carbonyl (C=O) groups excluding carboxylic acids is 2. The number of hydrogen-bond acceptors (Lipinski definition) is 8. The monoisotopic (exact) mass is 655 g/mol. The van der Waals surface area contributed by atoms with Gasteiger partial charge in [-0.1, -0.05) is 79.2 Å². The molecule has 1 saturated heterocycles. The van der Waals surface area contributed by atoms with E-state index in [9.17, 15) is 14.7 Å². The lowest BCUT2D eigenvalue weighted by molar-refractivity contribution is -0.245. The van der Waals surface area contributed by atoms with Crippen LogP contribution in [0.3, 0.4) is 0 Å². The maximum absolute atomic E-state index is 12.3. The summed E-state index contributed by atoms with van der Waals surface area (Å²) in [4.78, 5) is 27.8. The molecule has 0 spiro atoms. The Labute approximate surface area is 279 Å². The summed E-state index contributed by atoms with van der Waals surface area (Å²) in [6.07, 6.45) is 4.46. The van der Waals surface area contributed by atoms with Crippen molar-refractivity contribution in [3.05, 3.63) is 119 Å². The number of nitrogens with one attached hydrogen (secondary N) is 2. The molecule has 0 unspecified atom stereocenters. The van der Waals surface area contributed by atoms with Gasteiger partial charge in [-0.15, -0.1) is 11.8 Å². The fraction of sp³-hybridized carbons (Fsp3) is 0.324. The van der Waals surface area contributed by atoms with Gasteiger partial charge in [0.25, 0.3) is 0 Å². The molecule has 47 heavy (non-hydrogen) atoms. The van der Waals surface area contributed by atoms with Gasteiger partial charge in [0.1, 0.15) is 0 Å². The molecule has 0 aliphatic carbocycles. The molecule has 4 aromatic rings. The maximum atomic E-state index is 12.3. The first-order valence-electron chi connectivity index (χ1n) is 15.9. The van der Waals surface area contributed by atoms with E-state index in [-0.39, 0.29) is 31.1 Å². The van der Waals surface area contributed by atoms with Gasteiger partial charge in [-0.2, -0.15) is 0 Å². The highest BCUT2D eigenvalue weighted by Crippen LogP contribution is 2.39. The van der Waals surface area contributed by atoms with Crippen LogP contribution in [0.4, 0.5) is 0 Å². The standard InChI is InChI=1S/C37H41N3O6S/c41-24-26-12-14-29(15-13-26)33-22-32(25-47-36-11-4-5-20-38-36)45-37(46-33)30-18-16-28(17-19-30)31-8-6-7-27(21-31)23-39-34(42)9-2-1-3-10-35(43)40-44/h4-8,11-21,32-33,37,41,44H,1-3,9-10,22-25H2,(H,39,42)(H,40,43)/t32-,33+,37+/m0/s1. The van der Waals surface area contributed by atoms with Crippen LogP contribution >= 0.6 is 11.8 Å². The number of nitrogens with zero attached hydrogens (tertiary/aromatic N) is 1. The topological polar surface area (TPSA) is 130 Å². The summed E-state index contributed by atoms with van der Waals surface area (Å²) >= 11 is 1.67. The SMILES string of the molecule is O=C(CCCCCC(=O)NCc1cccc(-c2ccc([C@@H]3O[C@H](CSc4ccccn4)C[C@H](c4ccc(CO)cc4)O3)cc2)c1)NO. The molecule has 9 nitrogen and oxygen atoms in total. The normalized spacial score (nSPS) is 17.6. The van der Waals surface area contributed by atoms with Crippen molar-refractivity contribution in [3.63, 3.8) is 0 Å². The minimum absolute atomic E-state index is 0.00128. The summed E-state index contributed by atoms with van der Waals surface area (Å²) in [7, 11) is 0. The molecule has 2 heterocycles. The Kier molecular flexibility index (Phi) is 12.9. The van der Waals surface area contributed by atoms with Crippen molar-refractivity contribution >= 4 is 23.6 Å². The lowest BCUT2D eigenvalue weighted by Gasteiger charge is -2.36. The number of pyridine rings is 1. The summed E-state index contributed by atoms with van der Waals surface area (Å²) < 4.78 is 13.0. The zero-order valence-electron chi connectivity index (χ0n) is 26.2. The van der Waals surface area contributed by atoms with E-state index in [1.54, 1.807) is 23.4 Å². The number of amides is 2. The molecular weight excluding hydrogens is 614 g/mol. The van der Waals surface area contributed by atoms with Gasteiger partial charge >= 0.3 is 0 Å². The number of aliphatic hydroxyl groups is 1. The van der Waals surface area contributed by atoms with Gasteiger partial charge in [-0.05, 0) is 58.9 Å². The van der Waals surface area contributed by atoms with E-state index < -0.39 is 12.2 Å². The minimum Gasteiger partial charge on any atom is -0.392 e. The van der Waals surface area contributed by atoms with Gasteiger partial charge in [-0.25, -0.2) is 10.5 Å². The smallest absolute Gasteiger partial charge is 0.243 e. The fourth-order valence-corrected chi connectivity index (χ4v) is 6.30. The average molecular weight is 656 g/mol. The fourth-order valence-electron chi connectivity index (χ4n) is 5.42. The number of thioether (sulfide) groups is 1.